The molecular formula is C12H16OS. The monoisotopic (exact) mass is 208 g/mol. The molecule has 0 bridgehead atoms. The molecule has 0 fully saturated rings. The third-order valence-electron chi connectivity index (χ3n) is 1.96. The number of hydrogen-bond acceptors (Lipinski definition) is 2. The minimum Gasteiger partial charge on any atom is -0.494 e. The maximum absolute atomic E-state index is 5.55. The van der Waals surface area contributed by atoms with Crippen molar-refractivity contribution < 1.29 is 4.74 Å². The third kappa shape index (κ3) is 4.38. The van der Waals surface area contributed by atoms with Gasteiger partial charge in [-0.2, -0.15) is 0 Å². The van der Waals surface area contributed by atoms with Crippen molar-refractivity contribution >= 4 is 17.1 Å². The Morgan fingerprint density at radius 1 is 1.29 bits per heavy atom. The van der Waals surface area contributed by atoms with E-state index in [-0.39, 0.29) is 0 Å². The van der Waals surface area contributed by atoms with Crippen molar-refractivity contribution in [3.05, 3.63) is 29.8 Å². The van der Waals surface area contributed by atoms with Gasteiger partial charge in [-0.1, -0.05) is 29.9 Å². The molecular weight excluding hydrogens is 192 g/mol. The smallest absolute Gasteiger partial charge is 0.119 e. The summed E-state index contributed by atoms with van der Waals surface area (Å²) in [5, 5.41) is 0. The molecule has 1 rings (SSSR count). The number of ether oxygens (including phenoxy) is 1. The highest BCUT2D eigenvalue weighted by atomic mass is 32.1. The highest BCUT2D eigenvalue weighted by Gasteiger charge is 1.93. The van der Waals surface area contributed by atoms with Gasteiger partial charge in [0.05, 0.1) is 6.61 Å². The van der Waals surface area contributed by atoms with Gasteiger partial charge in [0.1, 0.15) is 5.75 Å². The third-order valence-corrected chi connectivity index (χ3v) is 2.17. The van der Waals surface area contributed by atoms with Gasteiger partial charge in [0, 0.05) is 0 Å². The minimum absolute atomic E-state index is 0.747. The Labute approximate surface area is 91.1 Å². The molecule has 14 heavy (non-hydrogen) atoms. The largest absolute Gasteiger partial charge is 0.494 e. The van der Waals surface area contributed by atoms with Crippen LogP contribution >= 0.6 is 12.2 Å². The Kier molecular flexibility index (Phi) is 4.60. The van der Waals surface area contributed by atoms with Crippen LogP contribution in [0.4, 0.5) is 0 Å². The summed E-state index contributed by atoms with van der Waals surface area (Å²) >= 11 is 4.99. The quantitative estimate of drug-likeness (QED) is 0.540. The topological polar surface area (TPSA) is 9.23 Å². The van der Waals surface area contributed by atoms with Crippen molar-refractivity contribution in [1.82, 2.24) is 0 Å². The molecule has 0 aliphatic carbocycles. The molecule has 0 N–H and O–H groups in total. The molecule has 1 aromatic carbocycles. The fraction of sp³-hybridized carbons (Fsp3) is 0.417. The van der Waals surface area contributed by atoms with Crippen molar-refractivity contribution in [3.63, 3.8) is 0 Å². The van der Waals surface area contributed by atoms with E-state index in [1.807, 2.05) is 19.1 Å². The van der Waals surface area contributed by atoms with Gasteiger partial charge in [0.15, 0.2) is 0 Å². The average Bonchev–Trinajstić information content (AvgIpc) is 2.15. The molecule has 0 aromatic heterocycles. The normalized spacial score (nSPS) is 9.86. The summed E-state index contributed by atoms with van der Waals surface area (Å²) in [6.45, 7) is 4.79. The molecule has 0 amide bonds. The van der Waals surface area contributed by atoms with Crippen LogP contribution in [0.5, 0.6) is 5.75 Å². The van der Waals surface area contributed by atoms with Gasteiger partial charge >= 0.3 is 0 Å². The van der Waals surface area contributed by atoms with Crippen molar-refractivity contribution in [2.24, 2.45) is 0 Å². The first kappa shape index (κ1) is 11.2. The zero-order valence-corrected chi connectivity index (χ0v) is 9.56. The Balaban J connectivity index is 2.25. The van der Waals surface area contributed by atoms with Gasteiger partial charge in [-0.25, -0.2) is 0 Å². The minimum atomic E-state index is 0.747. The number of thiocarbonyl (C=S) groups is 1. The molecule has 0 radical (unpaired) electrons. The predicted molar refractivity (Wildman–Crippen MR) is 64.2 cm³/mol. The Morgan fingerprint density at radius 3 is 2.50 bits per heavy atom. The summed E-state index contributed by atoms with van der Waals surface area (Å²) in [6.07, 6.45) is 1.98. The van der Waals surface area contributed by atoms with Crippen LogP contribution < -0.4 is 4.74 Å². The van der Waals surface area contributed by atoms with E-state index in [1.54, 1.807) is 0 Å². The van der Waals surface area contributed by atoms with E-state index < -0.39 is 0 Å². The zero-order valence-electron chi connectivity index (χ0n) is 8.75. The van der Waals surface area contributed by atoms with E-state index in [2.05, 4.69) is 19.1 Å². The molecule has 2 heteroatoms. The summed E-state index contributed by atoms with van der Waals surface area (Å²) < 4.78 is 5.55. The molecule has 1 nitrogen and oxygen atoms in total. The summed E-state index contributed by atoms with van der Waals surface area (Å²) in [7, 11) is 0. The first-order chi connectivity index (χ1) is 6.68. The molecule has 1 aromatic rings. The number of aryl methyl sites for hydroxylation is 1. The summed E-state index contributed by atoms with van der Waals surface area (Å²) in [5.74, 6) is 0.942. The number of rotatable bonds is 5. The molecule has 0 aliphatic heterocycles. The van der Waals surface area contributed by atoms with Crippen LogP contribution in [0.3, 0.4) is 0 Å². The van der Waals surface area contributed by atoms with Crippen LogP contribution in [-0.2, 0) is 0 Å². The van der Waals surface area contributed by atoms with Crippen molar-refractivity contribution in [3.8, 4) is 5.75 Å². The molecule has 0 heterocycles. The molecule has 0 spiro atoms. The lowest BCUT2D eigenvalue weighted by molar-refractivity contribution is 0.314. The van der Waals surface area contributed by atoms with Gasteiger partial charge in [-0.3, -0.25) is 0 Å². The predicted octanol–water partition coefficient (Wildman–Crippen LogP) is 3.54. The molecule has 0 saturated carbocycles. The molecule has 0 aliphatic rings. The van der Waals surface area contributed by atoms with Crippen molar-refractivity contribution in [2.45, 2.75) is 26.7 Å². The van der Waals surface area contributed by atoms with E-state index in [0.717, 1.165) is 30.1 Å². The van der Waals surface area contributed by atoms with Crippen LogP contribution in [0.25, 0.3) is 0 Å². The lowest BCUT2D eigenvalue weighted by Gasteiger charge is -2.05. The van der Waals surface area contributed by atoms with Gasteiger partial charge in [-0.05, 0) is 43.7 Å². The Bertz CT molecular complexity index is 290. The molecule has 0 atom stereocenters. The molecule has 0 saturated heterocycles. The van der Waals surface area contributed by atoms with Crippen molar-refractivity contribution in [2.75, 3.05) is 6.61 Å². The second-order valence-electron chi connectivity index (χ2n) is 3.47. The lowest BCUT2D eigenvalue weighted by atomic mass is 10.2. The van der Waals surface area contributed by atoms with E-state index in [9.17, 15) is 0 Å². The van der Waals surface area contributed by atoms with Crippen LogP contribution in [0.15, 0.2) is 24.3 Å². The number of hydrogen-bond donors (Lipinski definition) is 0. The van der Waals surface area contributed by atoms with Gasteiger partial charge in [-0.15, -0.1) is 0 Å². The fourth-order valence-electron chi connectivity index (χ4n) is 1.15. The first-order valence-corrected chi connectivity index (χ1v) is 5.28. The second-order valence-corrected chi connectivity index (χ2v) is 4.16. The molecule has 76 valence electrons. The number of benzene rings is 1. The Hall–Kier alpha value is -0.890. The standard InChI is InChI=1S/C12H16OS/c1-10-5-7-12(8-6-10)13-9-3-4-11(2)14/h5-8H,3-4,9H2,1-2H3. The maximum atomic E-state index is 5.55. The summed E-state index contributed by atoms with van der Waals surface area (Å²) in [4.78, 5) is 1.05. The zero-order chi connectivity index (χ0) is 10.4. The lowest BCUT2D eigenvalue weighted by Crippen LogP contribution is -1.99. The average molecular weight is 208 g/mol. The fourth-order valence-corrected chi connectivity index (χ4v) is 1.29. The van der Waals surface area contributed by atoms with Crippen LogP contribution in [0.2, 0.25) is 0 Å². The van der Waals surface area contributed by atoms with E-state index in [1.165, 1.54) is 5.56 Å². The van der Waals surface area contributed by atoms with Crippen LogP contribution in [0, 0.1) is 6.92 Å². The van der Waals surface area contributed by atoms with E-state index in [0.29, 0.717) is 0 Å². The van der Waals surface area contributed by atoms with Gasteiger partial charge in [0.2, 0.25) is 0 Å². The van der Waals surface area contributed by atoms with E-state index >= 15 is 0 Å². The van der Waals surface area contributed by atoms with Gasteiger partial charge < -0.3 is 4.74 Å². The first-order valence-electron chi connectivity index (χ1n) is 4.87. The highest BCUT2D eigenvalue weighted by Crippen LogP contribution is 2.11. The second kappa shape index (κ2) is 5.76. The Morgan fingerprint density at radius 2 is 1.93 bits per heavy atom. The maximum Gasteiger partial charge on any atom is 0.119 e. The van der Waals surface area contributed by atoms with Crippen LogP contribution in [0.1, 0.15) is 25.3 Å². The SMILES string of the molecule is CC(=S)CCCOc1ccc(C)cc1. The summed E-state index contributed by atoms with van der Waals surface area (Å²) in [5.41, 5.74) is 1.26. The van der Waals surface area contributed by atoms with E-state index in [4.69, 9.17) is 17.0 Å². The summed E-state index contributed by atoms with van der Waals surface area (Å²) in [6, 6.07) is 8.11. The van der Waals surface area contributed by atoms with Crippen molar-refractivity contribution in [1.29, 1.82) is 0 Å². The van der Waals surface area contributed by atoms with Crippen LogP contribution in [-0.4, -0.2) is 11.5 Å². The molecule has 0 unspecified atom stereocenters. The van der Waals surface area contributed by atoms with Gasteiger partial charge in [0.25, 0.3) is 0 Å². The highest BCUT2D eigenvalue weighted by molar-refractivity contribution is 7.80.